The average Bonchev–Trinajstić information content (AvgIpc) is 2.86. The van der Waals surface area contributed by atoms with Crippen LogP contribution in [0.4, 0.5) is 0 Å². The van der Waals surface area contributed by atoms with Gasteiger partial charge in [0, 0.05) is 6.54 Å². The molecule has 0 aliphatic carbocycles. The molecule has 0 saturated carbocycles. The predicted molar refractivity (Wildman–Crippen MR) is 143 cm³/mol. The number of carbonyl (C=O) groups is 1. The molecule has 2 aliphatic heterocycles. The Morgan fingerprint density at radius 3 is 2.61 bits per heavy atom. The van der Waals surface area contributed by atoms with Crippen molar-refractivity contribution >= 4 is 5.91 Å². The third kappa shape index (κ3) is 6.52. The van der Waals surface area contributed by atoms with Crippen LogP contribution in [0.25, 0.3) is 0 Å². The summed E-state index contributed by atoms with van der Waals surface area (Å²) in [7, 11) is 1.67. The zero-order valence-corrected chi connectivity index (χ0v) is 22.3. The number of ether oxygens (including phenoxy) is 3. The van der Waals surface area contributed by atoms with Crippen LogP contribution < -0.4 is 19.5 Å². The molecule has 6 nitrogen and oxygen atoms in total. The van der Waals surface area contributed by atoms with Gasteiger partial charge in [-0.3, -0.25) is 9.69 Å². The van der Waals surface area contributed by atoms with Crippen LogP contribution in [-0.2, 0) is 17.8 Å². The van der Waals surface area contributed by atoms with E-state index in [-0.39, 0.29) is 23.5 Å². The van der Waals surface area contributed by atoms with Crippen LogP contribution in [0.15, 0.2) is 42.5 Å². The van der Waals surface area contributed by atoms with Crippen molar-refractivity contribution in [3.05, 3.63) is 53.6 Å². The van der Waals surface area contributed by atoms with E-state index in [1.807, 2.05) is 39.0 Å². The van der Waals surface area contributed by atoms with Gasteiger partial charge in [0.05, 0.1) is 24.7 Å². The fraction of sp³-hybridized carbons (Fsp3) is 0.567. The highest BCUT2D eigenvalue weighted by atomic mass is 16.5. The summed E-state index contributed by atoms with van der Waals surface area (Å²) in [5, 5.41) is 3.28. The van der Waals surface area contributed by atoms with Gasteiger partial charge in [0.2, 0.25) is 5.91 Å². The van der Waals surface area contributed by atoms with Gasteiger partial charge < -0.3 is 19.5 Å². The largest absolute Gasteiger partial charge is 0.493 e. The fourth-order valence-electron chi connectivity index (χ4n) is 5.42. The Morgan fingerprint density at radius 2 is 1.86 bits per heavy atom. The summed E-state index contributed by atoms with van der Waals surface area (Å²) in [4.78, 5) is 16.0. The Kier molecular flexibility index (Phi) is 8.78. The van der Waals surface area contributed by atoms with Crippen LogP contribution >= 0.6 is 0 Å². The molecule has 0 radical (unpaired) electrons. The highest BCUT2D eigenvalue weighted by Crippen LogP contribution is 2.39. The number of hydrogen-bond acceptors (Lipinski definition) is 5. The minimum Gasteiger partial charge on any atom is -0.493 e. The van der Waals surface area contributed by atoms with Crippen LogP contribution in [0.5, 0.6) is 17.2 Å². The van der Waals surface area contributed by atoms with Crippen LogP contribution in [-0.4, -0.2) is 49.8 Å². The van der Waals surface area contributed by atoms with Crippen molar-refractivity contribution in [1.82, 2.24) is 10.2 Å². The van der Waals surface area contributed by atoms with E-state index in [1.54, 1.807) is 7.11 Å². The quantitative estimate of drug-likeness (QED) is 0.605. The summed E-state index contributed by atoms with van der Waals surface area (Å²) >= 11 is 0. The molecule has 1 atom stereocenters. The van der Waals surface area contributed by atoms with Gasteiger partial charge in [-0.05, 0) is 95.3 Å². The third-order valence-electron chi connectivity index (χ3n) is 7.48. The minimum absolute atomic E-state index is 0.0291. The Hall–Kier alpha value is -2.73. The normalized spacial score (nSPS) is 21.0. The molecule has 1 fully saturated rings. The molecule has 6 heteroatoms. The first kappa shape index (κ1) is 26.3. The molecule has 1 N–H and O–H groups in total. The number of hydrogen-bond donors (Lipinski definition) is 1. The standard InChI is InChI=1S/C30H42N2O4/c1-22(2)36-28-19-24(12-13-27(28)34-4)20-32-17-15-30(16-18-32)14-8-7-10-25-9-5-6-11-26(25)35-21-23(3)31-29(30)33/h5-6,9,11-13,19,22-23H,7-8,10,14-18,20-21H2,1-4H3,(H,31,33)/t23-/m1/s1. The van der Waals surface area contributed by atoms with Crippen molar-refractivity contribution in [2.75, 3.05) is 26.8 Å². The van der Waals surface area contributed by atoms with Crippen LogP contribution in [0.3, 0.4) is 0 Å². The van der Waals surface area contributed by atoms with Crippen molar-refractivity contribution in [3.8, 4) is 17.2 Å². The van der Waals surface area contributed by atoms with Crippen molar-refractivity contribution < 1.29 is 19.0 Å². The number of aryl methyl sites for hydroxylation is 1. The van der Waals surface area contributed by atoms with E-state index in [9.17, 15) is 4.79 Å². The van der Waals surface area contributed by atoms with E-state index in [4.69, 9.17) is 14.2 Å². The summed E-state index contributed by atoms with van der Waals surface area (Å²) in [5.74, 6) is 2.69. The lowest BCUT2D eigenvalue weighted by Crippen LogP contribution is -2.51. The molecule has 2 aromatic rings. The SMILES string of the molecule is COc1ccc(CN2CCC3(CCCCc4ccccc4OC[C@@H](C)NC3=O)CC2)cc1OC(C)C. The molecule has 2 aromatic carbocycles. The fourth-order valence-corrected chi connectivity index (χ4v) is 5.42. The zero-order valence-electron chi connectivity index (χ0n) is 22.3. The maximum Gasteiger partial charge on any atom is 0.226 e. The van der Waals surface area contributed by atoms with Gasteiger partial charge >= 0.3 is 0 Å². The van der Waals surface area contributed by atoms with E-state index >= 15 is 0 Å². The summed E-state index contributed by atoms with van der Waals surface area (Å²) in [5.41, 5.74) is 2.17. The molecule has 0 aromatic heterocycles. The van der Waals surface area contributed by atoms with E-state index < -0.39 is 0 Å². The van der Waals surface area contributed by atoms with Gasteiger partial charge in [-0.25, -0.2) is 0 Å². The number of fused-ring (bicyclic) bond motifs is 1. The van der Waals surface area contributed by atoms with Gasteiger partial charge in [0.15, 0.2) is 11.5 Å². The second kappa shape index (κ2) is 12.0. The molecule has 2 aliphatic rings. The maximum atomic E-state index is 13.5. The molecule has 196 valence electrons. The van der Waals surface area contributed by atoms with E-state index in [0.717, 1.165) is 75.4 Å². The number of para-hydroxylation sites is 1. The highest BCUT2D eigenvalue weighted by Gasteiger charge is 2.41. The van der Waals surface area contributed by atoms with E-state index in [2.05, 4.69) is 34.5 Å². The second-order valence-electron chi connectivity index (χ2n) is 10.7. The van der Waals surface area contributed by atoms with Gasteiger partial charge in [0.1, 0.15) is 12.4 Å². The topological polar surface area (TPSA) is 60.0 Å². The zero-order chi connectivity index (χ0) is 25.5. The Balaban J connectivity index is 1.41. The van der Waals surface area contributed by atoms with Crippen molar-refractivity contribution in [1.29, 1.82) is 0 Å². The molecule has 36 heavy (non-hydrogen) atoms. The molecule has 1 saturated heterocycles. The van der Waals surface area contributed by atoms with Crippen LogP contribution in [0.2, 0.25) is 0 Å². The van der Waals surface area contributed by atoms with E-state index in [1.165, 1.54) is 11.1 Å². The van der Waals surface area contributed by atoms with Gasteiger partial charge in [-0.15, -0.1) is 0 Å². The minimum atomic E-state index is -0.296. The van der Waals surface area contributed by atoms with Crippen LogP contribution in [0, 0.1) is 5.41 Å². The maximum absolute atomic E-state index is 13.5. The van der Waals surface area contributed by atoms with Crippen LogP contribution in [0.1, 0.15) is 64.0 Å². The number of nitrogens with one attached hydrogen (secondary N) is 1. The Bertz CT molecular complexity index is 1010. The van der Waals surface area contributed by atoms with Crippen molar-refractivity contribution in [2.45, 2.75) is 78.0 Å². The molecule has 1 amide bonds. The van der Waals surface area contributed by atoms with Crippen molar-refractivity contribution in [3.63, 3.8) is 0 Å². The second-order valence-corrected chi connectivity index (χ2v) is 10.7. The number of piperidine rings is 1. The molecule has 0 unspecified atom stereocenters. The number of carbonyl (C=O) groups excluding carboxylic acids is 1. The lowest BCUT2D eigenvalue weighted by atomic mass is 9.73. The first-order chi connectivity index (χ1) is 17.4. The number of nitrogens with zero attached hydrogens (tertiary/aromatic N) is 1. The number of methoxy groups -OCH3 is 1. The number of likely N-dealkylation sites (tertiary alicyclic amines) is 1. The summed E-state index contributed by atoms with van der Waals surface area (Å²) < 4.78 is 17.5. The number of benzene rings is 2. The van der Waals surface area contributed by atoms with Gasteiger partial charge in [0.25, 0.3) is 0 Å². The lowest BCUT2D eigenvalue weighted by molar-refractivity contribution is -0.135. The van der Waals surface area contributed by atoms with Gasteiger partial charge in [-0.1, -0.05) is 30.7 Å². The van der Waals surface area contributed by atoms with E-state index in [0.29, 0.717) is 6.61 Å². The number of rotatable bonds is 5. The van der Waals surface area contributed by atoms with Gasteiger partial charge in [-0.2, -0.15) is 0 Å². The first-order valence-electron chi connectivity index (χ1n) is 13.5. The summed E-state index contributed by atoms with van der Waals surface area (Å²) in [6, 6.07) is 14.4. The highest BCUT2D eigenvalue weighted by molar-refractivity contribution is 5.83. The number of amides is 1. The Labute approximate surface area is 216 Å². The smallest absolute Gasteiger partial charge is 0.226 e. The third-order valence-corrected chi connectivity index (χ3v) is 7.48. The molecule has 1 spiro atoms. The summed E-state index contributed by atoms with van der Waals surface area (Å²) in [6.45, 7) is 9.24. The van der Waals surface area contributed by atoms with Crippen molar-refractivity contribution in [2.24, 2.45) is 5.41 Å². The molecule has 4 rings (SSSR count). The average molecular weight is 495 g/mol. The first-order valence-corrected chi connectivity index (χ1v) is 13.5. The molecule has 0 bridgehead atoms. The monoisotopic (exact) mass is 494 g/mol. The molecule has 2 heterocycles. The molecular weight excluding hydrogens is 452 g/mol. The Morgan fingerprint density at radius 1 is 1.08 bits per heavy atom. The summed E-state index contributed by atoms with van der Waals surface area (Å²) in [6.07, 6.45) is 5.90. The lowest BCUT2D eigenvalue weighted by Gasteiger charge is -2.41. The predicted octanol–water partition coefficient (Wildman–Crippen LogP) is 5.37. The molecular formula is C30H42N2O4.